The molecule has 4 nitrogen and oxygen atoms in total. The standard InChI is InChI=1S/C14H22N2O2S/c1-12-6-4-8-14(10-12)15(3)19(17,18)16-9-5-7-13(2)11-16/h4,6,8,10,13H,5,7,9,11H2,1-3H3. The van der Waals surface area contributed by atoms with Crippen molar-refractivity contribution < 1.29 is 8.42 Å². The molecule has 2 rings (SSSR count). The number of benzene rings is 1. The molecule has 1 aromatic rings. The molecule has 0 aromatic heterocycles. The van der Waals surface area contributed by atoms with Crippen molar-refractivity contribution in [1.29, 1.82) is 0 Å². The Morgan fingerprint density at radius 1 is 1.37 bits per heavy atom. The van der Waals surface area contributed by atoms with Crippen LogP contribution in [0.3, 0.4) is 0 Å². The summed E-state index contributed by atoms with van der Waals surface area (Å²) in [6.07, 6.45) is 2.06. The van der Waals surface area contributed by atoms with Crippen molar-refractivity contribution in [2.24, 2.45) is 5.92 Å². The first kappa shape index (κ1) is 14.3. The number of aryl methyl sites for hydroxylation is 1. The smallest absolute Gasteiger partial charge is 0.261 e. The highest BCUT2D eigenvalue weighted by Gasteiger charge is 2.30. The van der Waals surface area contributed by atoms with Crippen LogP contribution in [0.25, 0.3) is 0 Å². The summed E-state index contributed by atoms with van der Waals surface area (Å²) in [7, 11) is -1.77. The molecule has 1 heterocycles. The number of anilines is 1. The van der Waals surface area contributed by atoms with E-state index >= 15 is 0 Å². The molecule has 1 atom stereocenters. The van der Waals surface area contributed by atoms with Crippen LogP contribution in [0.1, 0.15) is 25.3 Å². The topological polar surface area (TPSA) is 40.6 Å². The van der Waals surface area contributed by atoms with Crippen molar-refractivity contribution >= 4 is 15.9 Å². The first-order valence-corrected chi connectivity index (χ1v) is 8.11. The maximum Gasteiger partial charge on any atom is 0.303 e. The molecular weight excluding hydrogens is 260 g/mol. The molecule has 1 saturated heterocycles. The van der Waals surface area contributed by atoms with Gasteiger partial charge in [-0.2, -0.15) is 12.7 Å². The number of hydrogen-bond donors (Lipinski definition) is 0. The molecule has 1 aromatic carbocycles. The third-order valence-corrected chi connectivity index (χ3v) is 5.54. The van der Waals surface area contributed by atoms with Gasteiger partial charge in [0.25, 0.3) is 0 Å². The van der Waals surface area contributed by atoms with Gasteiger partial charge in [-0.15, -0.1) is 0 Å². The molecule has 5 heteroatoms. The SMILES string of the molecule is Cc1cccc(N(C)S(=O)(=O)N2CCCC(C)C2)c1. The van der Waals surface area contributed by atoms with E-state index < -0.39 is 10.2 Å². The van der Waals surface area contributed by atoms with Gasteiger partial charge in [0.2, 0.25) is 0 Å². The number of nitrogens with zero attached hydrogens (tertiary/aromatic N) is 2. The molecule has 1 aliphatic heterocycles. The minimum absolute atomic E-state index is 0.439. The lowest BCUT2D eigenvalue weighted by Gasteiger charge is -2.33. The first-order valence-electron chi connectivity index (χ1n) is 6.72. The molecule has 106 valence electrons. The lowest BCUT2D eigenvalue weighted by Crippen LogP contribution is -2.46. The van der Waals surface area contributed by atoms with Crippen molar-refractivity contribution in [2.75, 3.05) is 24.4 Å². The average Bonchev–Trinajstić information content (AvgIpc) is 2.38. The molecule has 0 aliphatic carbocycles. The quantitative estimate of drug-likeness (QED) is 0.854. The monoisotopic (exact) mass is 282 g/mol. The summed E-state index contributed by atoms with van der Waals surface area (Å²) in [5.74, 6) is 0.439. The number of rotatable bonds is 3. The summed E-state index contributed by atoms with van der Waals surface area (Å²) >= 11 is 0. The highest BCUT2D eigenvalue weighted by Crippen LogP contribution is 2.24. The highest BCUT2D eigenvalue weighted by atomic mass is 32.2. The molecule has 1 fully saturated rings. The van der Waals surface area contributed by atoms with Gasteiger partial charge in [0, 0.05) is 20.1 Å². The Bertz CT molecular complexity index is 542. The van der Waals surface area contributed by atoms with E-state index in [1.54, 1.807) is 11.4 Å². The second-order valence-corrected chi connectivity index (χ2v) is 7.38. The van der Waals surface area contributed by atoms with Gasteiger partial charge >= 0.3 is 10.2 Å². The van der Waals surface area contributed by atoms with Crippen molar-refractivity contribution in [3.05, 3.63) is 29.8 Å². The fraction of sp³-hybridized carbons (Fsp3) is 0.571. The number of piperidine rings is 1. The first-order chi connectivity index (χ1) is 8.91. The number of hydrogen-bond acceptors (Lipinski definition) is 2. The van der Waals surface area contributed by atoms with Crippen molar-refractivity contribution in [2.45, 2.75) is 26.7 Å². The molecule has 0 radical (unpaired) electrons. The zero-order valence-corrected chi connectivity index (χ0v) is 12.7. The van der Waals surface area contributed by atoms with E-state index in [1.807, 2.05) is 31.2 Å². The molecule has 0 N–H and O–H groups in total. The summed E-state index contributed by atoms with van der Waals surface area (Å²) in [6.45, 7) is 5.32. The van der Waals surface area contributed by atoms with Crippen molar-refractivity contribution in [1.82, 2.24) is 4.31 Å². The highest BCUT2D eigenvalue weighted by molar-refractivity contribution is 7.90. The van der Waals surface area contributed by atoms with Gasteiger partial charge in [-0.1, -0.05) is 19.1 Å². The zero-order valence-electron chi connectivity index (χ0n) is 11.8. The maximum absolute atomic E-state index is 12.6. The van der Waals surface area contributed by atoms with Gasteiger partial charge in [0.1, 0.15) is 0 Å². The van der Waals surface area contributed by atoms with E-state index in [0.29, 0.717) is 19.0 Å². The van der Waals surface area contributed by atoms with Crippen LogP contribution >= 0.6 is 0 Å². The Hall–Kier alpha value is -1.07. The van der Waals surface area contributed by atoms with E-state index in [9.17, 15) is 8.42 Å². The summed E-state index contributed by atoms with van der Waals surface area (Å²) in [5.41, 5.74) is 1.78. The molecule has 0 saturated carbocycles. The Balaban J connectivity index is 2.23. The Kier molecular flexibility index (Phi) is 4.16. The zero-order chi connectivity index (χ0) is 14.0. The van der Waals surface area contributed by atoms with Crippen molar-refractivity contribution in [3.8, 4) is 0 Å². The predicted octanol–water partition coefficient (Wildman–Crippen LogP) is 2.41. The average molecular weight is 282 g/mol. The fourth-order valence-corrected chi connectivity index (χ4v) is 4.02. The van der Waals surface area contributed by atoms with E-state index in [-0.39, 0.29) is 0 Å². The minimum atomic E-state index is -3.40. The fourth-order valence-electron chi connectivity index (χ4n) is 2.49. The van der Waals surface area contributed by atoms with Crippen LogP contribution in [0.5, 0.6) is 0 Å². The molecule has 1 unspecified atom stereocenters. The maximum atomic E-state index is 12.6. The second kappa shape index (κ2) is 5.51. The van der Waals surface area contributed by atoms with Crippen LogP contribution in [-0.2, 0) is 10.2 Å². The Labute approximate surface area is 116 Å². The molecule has 0 amide bonds. The third kappa shape index (κ3) is 3.09. The second-order valence-electron chi connectivity index (χ2n) is 5.42. The van der Waals surface area contributed by atoms with Gasteiger partial charge in [0.05, 0.1) is 5.69 Å². The van der Waals surface area contributed by atoms with E-state index in [1.165, 1.54) is 4.31 Å². The lowest BCUT2D eigenvalue weighted by molar-refractivity contribution is 0.281. The summed E-state index contributed by atoms with van der Waals surface area (Å²) in [6, 6.07) is 7.57. The molecule has 1 aliphatic rings. The molecule has 19 heavy (non-hydrogen) atoms. The van der Waals surface area contributed by atoms with Crippen LogP contribution in [0.4, 0.5) is 5.69 Å². The van der Waals surface area contributed by atoms with Gasteiger partial charge in [-0.25, -0.2) is 0 Å². The third-order valence-electron chi connectivity index (χ3n) is 3.66. The van der Waals surface area contributed by atoms with Crippen LogP contribution in [0, 0.1) is 12.8 Å². The van der Waals surface area contributed by atoms with Gasteiger partial charge in [0.15, 0.2) is 0 Å². The van der Waals surface area contributed by atoms with Gasteiger partial charge in [-0.05, 0) is 43.4 Å². The minimum Gasteiger partial charge on any atom is -0.261 e. The van der Waals surface area contributed by atoms with Crippen LogP contribution in [-0.4, -0.2) is 32.9 Å². The Morgan fingerprint density at radius 3 is 2.74 bits per heavy atom. The summed E-state index contributed by atoms with van der Waals surface area (Å²) in [5, 5.41) is 0. The van der Waals surface area contributed by atoms with Crippen LogP contribution in [0.15, 0.2) is 24.3 Å². The van der Waals surface area contributed by atoms with Gasteiger partial charge in [-0.3, -0.25) is 4.31 Å². The predicted molar refractivity (Wildman–Crippen MR) is 78.5 cm³/mol. The Morgan fingerprint density at radius 2 is 2.11 bits per heavy atom. The molecule has 0 bridgehead atoms. The van der Waals surface area contributed by atoms with E-state index in [2.05, 4.69) is 6.92 Å². The summed E-state index contributed by atoms with van der Waals surface area (Å²) in [4.78, 5) is 0. The van der Waals surface area contributed by atoms with Crippen LogP contribution in [0.2, 0.25) is 0 Å². The van der Waals surface area contributed by atoms with Gasteiger partial charge < -0.3 is 0 Å². The largest absolute Gasteiger partial charge is 0.303 e. The van der Waals surface area contributed by atoms with E-state index in [0.717, 1.165) is 24.1 Å². The molecular formula is C14H22N2O2S. The summed E-state index contributed by atoms with van der Waals surface area (Å²) < 4.78 is 28.2. The molecule has 0 spiro atoms. The van der Waals surface area contributed by atoms with Crippen LogP contribution < -0.4 is 4.31 Å². The normalized spacial score (nSPS) is 21.3. The van der Waals surface area contributed by atoms with Crippen molar-refractivity contribution in [3.63, 3.8) is 0 Å². The van der Waals surface area contributed by atoms with E-state index in [4.69, 9.17) is 0 Å². The lowest BCUT2D eigenvalue weighted by atomic mass is 10.0.